The van der Waals surface area contributed by atoms with Gasteiger partial charge in [0.15, 0.2) is 0 Å². The third-order valence-electron chi connectivity index (χ3n) is 3.02. The molecule has 1 aliphatic rings. The first kappa shape index (κ1) is 11.0. The molecule has 0 aromatic rings. The summed E-state index contributed by atoms with van der Waals surface area (Å²) in [6.45, 7) is 2.91. The van der Waals surface area contributed by atoms with Gasteiger partial charge in [0.1, 0.15) is 0 Å². The first-order valence-electron chi connectivity index (χ1n) is 5.38. The van der Waals surface area contributed by atoms with Gasteiger partial charge in [-0.25, -0.2) is 0 Å². The van der Waals surface area contributed by atoms with Crippen molar-refractivity contribution in [2.75, 3.05) is 26.2 Å². The summed E-state index contributed by atoms with van der Waals surface area (Å²) in [6.07, 6.45) is 5.20. The van der Waals surface area contributed by atoms with Crippen LogP contribution < -0.4 is 11.1 Å². The van der Waals surface area contributed by atoms with Gasteiger partial charge in [-0.2, -0.15) is 0 Å². The van der Waals surface area contributed by atoms with Gasteiger partial charge >= 0.3 is 0 Å². The molecule has 0 atom stereocenters. The second-order valence-electron chi connectivity index (χ2n) is 4.05. The van der Waals surface area contributed by atoms with Gasteiger partial charge in [-0.15, -0.1) is 0 Å². The molecular weight excluding hydrogens is 164 g/mol. The molecule has 1 fully saturated rings. The van der Waals surface area contributed by atoms with Crippen LogP contribution in [-0.4, -0.2) is 31.3 Å². The molecule has 3 nitrogen and oxygen atoms in total. The maximum atomic E-state index is 8.60. The summed E-state index contributed by atoms with van der Waals surface area (Å²) >= 11 is 0. The average Bonchev–Trinajstić information content (AvgIpc) is 2.19. The predicted octanol–water partition coefficient (Wildman–Crippen LogP) is 0.333. The summed E-state index contributed by atoms with van der Waals surface area (Å²) in [6, 6.07) is 0. The van der Waals surface area contributed by atoms with Crippen molar-refractivity contribution in [3.05, 3.63) is 0 Å². The Kier molecular flexibility index (Phi) is 5.35. The van der Waals surface area contributed by atoms with E-state index in [0.717, 1.165) is 31.5 Å². The smallest absolute Gasteiger partial charge is 0.0555 e. The molecule has 1 saturated carbocycles. The minimum atomic E-state index is 0.248. The van der Waals surface area contributed by atoms with Crippen LogP contribution in [0, 0.1) is 11.8 Å². The second-order valence-corrected chi connectivity index (χ2v) is 4.05. The highest BCUT2D eigenvalue weighted by Crippen LogP contribution is 2.27. The van der Waals surface area contributed by atoms with Crippen LogP contribution >= 0.6 is 0 Å². The Morgan fingerprint density at radius 1 is 1.15 bits per heavy atom. The molecule has 4 N–H and O–H groups in total. The molecule has 0 bridgehead atoms. The van der Waals surface area contributed by atoms with Crippen molar-refractivity contribution in [1.82, 2.24) is 5.32 Å². The van der Waals surface area contributed by atoms with Crippen molar-refractivity contribution in [2.45, 2.75) is 25.7 Å². The molecule has 0 aliphatic heterocycles. The van der Waals surface area contributed by atoms with Crippen LogP contribution in [0.3, 0.4) is 0 Å². The maximum Gasteiger partial charge on any atom is 0.0555 e. The fraction of sp³-hybridized carbons (Fsp3) is 1.00. The minimum Gasteiger partial charge on any atom is -0.395 e. The topological polar surface area (TPSA) is 58.3 Å². The SMILES string of the molecule is NCC1CCC(CNCCO)CC1. The second kappa shape index (κ2) is 6.35. The zero-order valence-electron chi connectivity index (χ0n) is 8.34. The molecule has 78 valence electrons. The number of hydrogen-bond donors (Lipinski definition) is 3. The van der Waals surface area contributed by atoms with E-state index in [9.17, 15) is 0 Å². The molecule has 0 aromatic heterocycles. The number of aliphatic hydroxyl groups is 1. The number of rotatable bonds is 5. The quantitative estimate of drug-likeness (QED) is 0.542. The van der Waals surface area contributed by atoms with Crippen LogP contribution in [0.4, 0.5) is 0 Å². The fourth-order valence-corrected chi connectivity index (χ4v) is 2.06. The average molecular weight is 186 g/mol. The fourth-order valence-electron chi connectivity index (χ4n) is 2.06. The zero-order valence-corrected chi connectivity index (χ0v) is 8.34. The van der Waals surface area contributed by atoms with Crippen molar-refractivity contribution < 1.29 is 5.11 Å². The summed E-state index contributed by atoms with van der Waals surface area (Å²) in [5.74, 6) is 1.59. The third kappa shape index (κ3) is 4.07. The lowest BCUT2D eigenvalue weighted by molar-refractivity contribution is 0.255. The summed E-state index contributed by atoms with van der Waals surface area (Å²) in [7, 11) is 0. The highest BCUT2D eigenvalue weighted by Gasteiger charge is 2.19. The largest absolute Gasteiger partial charge is 0.395 e. The first-order chi connectivity index (χ1) is 6.36. The zero-order chi connectivity index (χ0) is 9.52. The van der Waals surface area contributed by atoms with Gasteiger partial charge in [0.05, 0.1) is 6.61 Å². The number of hydrogen-bond acceptors (Lipinski definition) is 3. The molecule has 0 spiro atoms. The molecular formula is C10H22N2O. The van der Waals surface area contributed by atoms with E-state index in [2.05, 4.69) is 5.32 Å². The normalized spacial score (nSPS) is 29.1. The lowest BCUT2D eigenvalue weighted by atomic mass is 9.82. The first-order valence-corrected chi connectivity index (χ1v) is 5.38. The van der Waals surface area contributed by atoms with Crippen LogP contribution in [0.1, 0.15) is 25.7 Å². The van der Waals surface area contributed by atoms with Gasteiger partial charge in [0, 0.05) is 6.54 Å². The van der Waals surface area contributed by atoms with E-state index in [1.54, 1.807) is 0 Å². The van der Waals surface area contributed by atoms with E-state index in [4.69, 9.17) is 10.8 Å². The van der Waals surface area contributed by atoms with E-state index in [0.29, 0.717) is 0 Å². The Morgan fingerprint density at radius 2 is 1.77 bits per heavy atom. The van der Waals surface area contributed by atoms with E-state index in [1.807, 2.05) is 0 Å². The predicted molar refractivity (Wildman–Crippen MR) is 54.5 cm³/mol. The van der Waals surface area contributed by atoms with Crippen LogP contribution in [-0.2, 0) is 0 Å². The minimum absolute atomic E-state index is 0.248. The van der Waals surface area contributed by atoms with Crippen LogP contribution in [0.15, 0.2) is 0 Å². The highest BCUT2D eigenvalue weighted by molar-refractivity contribution is 4.74. The monoisotopic (exact) mass is 186 g/mol. The van der Waals surface area contributed by atoms with Gasteiger partial charge in [0.2, 0.25) is 0 Å². The Labute approximate surface area is 80.7 Å². The summed E-state index contributed by atoms with van der Waals surface area (Å²) in [4.78, 5) is 0. The molecule has 13 heavy (non-hydrogen) atoms. The van der Waals surface area contributed by atoms with E-state index >= 15 is 0 Å². The Morgan fingerprint density at radius 3 is 2.31 bits per heavy atom. The molecule has 0 radical (unpaired) electrons. The third-order valence-corrected chi connectivity index (χ3v) is 3.02. The molecule has 0 saturated heterocycles. The van der Waals surface area contributed by atoms with E-state index in [-0.39, 0.29) is 6.61 Å². The number of aliphatic hydroxyl groups excluding tert-OH is 1. The van der Waals surface area contributed by atoms with Crippen molar-refractivity contribution in [3.63, 3.8) is 0 Å². The standard InChI is InChI=1S/C10H22N2O/c11-7-9-1-3-10(4-2-9)8-12-5-6-13/h9-10,12-13H,1-8,11H2. The van der Waals surface area contributed by atoms with Crippen molar-refractivity contribution in [1.29, 1.82) is 0 Å². The molecule has 3 heteroatoms. The Hall–Kier alpha value is -0.120. The molecule has 0 amide bonds. The lowest BCUT2D eigenvalue weighted by Gasteiger charge is -2.27. The van der Waals surface area contributed by atoms with Gasteiger partial charge in [-0.05, 0) is 50.6 Å². The molecule has 1 rings (SSSR count). The van der Waals surface area contributed by atoms with Gasteiger partial charge in [-0.3, -0.25) is 0 Å². The van der Waals surface area contributed by atoms with E-state index < -0.39 is 0 Å². The molecule has 0 aromatic carbocycles. The highest BCUT2D eigenvalue weighted by atomic mass is 16.3. The maximum absolute atomic E-state index is 8.60. The molecule has 0 unspecified atom stereocenters. The molecule has 1 aliphatic carbocycles. The lowest BCUT2D eigenvalue weighted by Crippen LogP contribution is -2.30. The van der Waals surface area contributed by atoms with Crippen LogP contribution in [0.25, 0.3) is 0 Å². The summed E-state index contributed by atoms with van der Waals surface area (Å²) in [5.41, 5.74) is 5.62. The summed E-state index contributed by atoms with van der Waals surface area (Å²) in [5, 5.41) is 11.9. The Balaban J connectivity index is 2.03. The Bertz CT molecular complexity index is 119. The van der Waals surface area contributed by atoms with Crippen LogP contribution in [0.5, 0.6) is 0 Å². The van der Waals surface area contributed by atoms with Crippen molar-refractivity contribution in [2.24, 2.45) is 17.6 Å². The van der Waals surface area contributed by atoms with Crippen molar-refractivity contribution >= 4 is 0 Å². The van der Waals surface area contributed by atoms with Crippen LogP contribution in [0.2, 0.25) is 0 Å². The van der Waals surface area contributed by atoms with Crippen molar-refractivity contribution in [3.8, 4) is 0 Å². The van der Waals surface area contributed by atoms with Gasteiger partial charge in [0.25, 0.3) is 0 Å². The molecule has 0 heterocycles. The summed E-state index contributed by atoms with van der Waals surface area (Å²) < 4.78 is 0. The van der Waals surface area contributed by atoms with Gasteiger partial charge in [-0.1, -0.05) is 0 Å². The van der Waals surface area contributed by atoms with Gasteiger partial charge < -0.3 is 16.2 Å². The number of nitrogens with one attached hydrogen (secondary N) is 1. The van der Waals surface area contributed by atoms with E-state index in [1.165, 1.54) is 25.7 Å². The number of nitrogens with two attached hydrogens (primary N) is 1.